The lowest BCUT2D eigenvalue weighted by atomic mass is 10.2. The molecule has 1 N–H and O–H groups in total. The number of carbonyl (C=O) groups excluding carboxylic acids is 1. The first-order valence-corrected chi connectivity index (χ1v) is 9.13. The Kier molecular flexibility index (Phi) is 5.01. The quantitative estimate of drug-likeness (QED) is 0.707. The summed E-state index contributed by atoms with van der Waals surface area (Å²) in [6.45, 7) is 1.65. The molecule has 0 atom stereocenters. The van der Waals surface area contributed by atoms with E-state index in [-0.39, 0.29) is 5.91 Å². The largest absolute Gasteiger partial charge is 0.455 e. The Hall–Kier alpha value is -3.34. The molecule has 1 fully saturated rings. The Labute approximate surface area is 158 Å². The highest BCUT2D eigenvalue weighted by molar-refractivity contribution is 5.95. The smallest absolute Gasteiger partial charge is 0.255 e. The van der Waals surface area contributed by atoms with Crippen molar-refractivity contribution in [1.29, 1.82) is 0 Å². The molecule has 1 amide bonds. The van der Waals surface area contributed by atoms with Gasteiger partial charge >= 0.3 is 0 Å². The number of rotatable bonds is 5. The van der Waals surface area contributed by atoms with Crippen molar-refractivity contribution in [2.75, 3.05) is 18.4 Å². The topological polar surface area (TPSA) is 54.5 Å². The van der Waals surface area contributed by atoms with Crippen LogP contribution in [0.5, 0.6) is 11.5 Å². The van der Waals surface area contributed by atoms with Gasteiger partial charge in [-0.05, 0) is 43.2 Å². The van der Waals surface area contributed by atoms with E-state index in [1.165, 1.54) is 0 Å². The number of hydrogen-bond acceptors (Lipinski definition) is 4. The number of likely N-dealkylation sites (tertiary alicyclic amines) is 1. The zero-order valence-corrected chi connectivity index (χ0v) is 15.0. The maximum absolute atomic E-state index is 12.6. The highest BCUT2D eigenvalue weighted by Gasteiger charge is 2.20. The first kappa shape index (κ1) is 17.1. The fourth-order valence-electron chi connectivity index (χ4n) is 3.16. The SMILES string of the molecule is O=C(c1cncc(Nc2ccccc2Oc2ccccc2)c1)N1CCCC1. The van der Waals surface area contributed by atoms with Gasteiger partial charge in [0.2, 0.25) is 0 Å². The third-order valence-corrected chi connectivity index (χ3v) is 4.52. The average molecular weight is 359 g/mol. The highest BCUT2D eigenvalue weighted by atomic mass is 16.5. The first-order valence-electron chi connectivity index (χ1n) is 9.13. The zero-order valence-electron chi connectivity index (χ0n) is 15.0. The number of amides is 1. The fourth-order valence-corrected chi connectivity index (χ4v) is 3.16. The molecule has 0 aliphatic carbocycles. The molecule has 4 rings (SSSR count). The van der Waals surface area contributed by atoms with Crippen LogP contribution in [0.25, 0.3) is 0 Å². The van der Waals surface area contributed by atoms with Gasteiger partial charge in [-0.1, -0.05) is 30.3 Å². The van der Waals surface area contributed by atoms with Gasteiger partial charge in [0, 0.05) is 19.3 Å². The molecular weight excluding hydrogens is 338 g/mol. The zero-order chi connectivity index (χ0) is 18.5. The molecule has 1 aliphatic heterocycles. The fraction of sp³-hybridized carbons (Fsp3) is 0.182. The molecule has 27 heavy (non-hydrogen) atoms. The number of nitrogens with zero attached hydrogens (tertiary/aromatic N) is 2. The monoisotopic (exact) mass is 359 g/mol. The Balaban J connectivity index is 1.54. The molecule has 0 saturated carbocycles. The van der Waals surface area contributed by atoms with Crippen LogP contribution in [-0.2, 0) is 0 Å². The molecule has 5 heteroatoms. The number of pyridine rings is 1. The van der Waals surface area contributed by atoms with Crippen LogP contribution in [0.3, 0.4) is 0 Å². The number of ether oxygens (including phenoxy) is 1. The van der Waals surface area contributed by atoms with Gasteiger partial charge in [-0.15, -0.1) is 0 Å². The Morgan fingerprint density at radius 3 is 2.52 bits per heavy atom. The second-order valence-corrected chi connectivity index (χ2v) is 6.50. The van der Waals surface area contributed by atoms with Crippen molar-refractivity contribution < 1.29 is 9.53 Å². The first-order chi connectivity index (χ1) is 13.3. The Bertz CT molecular complexity index is 922. The lowest BCUT2D eigenvalue weighted by Gasteiger charge is -2.16. The van der Waals surface area contributed by atoms with Crippen molar-refractivity contribution >= 4 is 17.3 Å². The highest BCUT2D eigenvalue weighted by Crippen LogP contribution is 2.31. The predicted molar refractivity (Wildman–Crippen MR) is 106 cm³/mol. The third-order valence-electron chi connectivity index (χ3n) is 4.52. The summed E-state index contributed by atoms with van der Waals surface area (Å²) < 4.78 is 5.98. The van der Waals surface area contributed by atoms with Gasteiger partial charge in [0.05, 0.1) is 23.1 Å². The van der Waals surface area contributed by atoms with E-state index in [1.54, 1.807) is 12.4 Å². The minimum atomic E-state index is 0.0393. The lowest BCUT2D eigenvalue weighted by molar-refractivity contribution is 0.0792. The maximum atomic E-state index is 12.6. The summed E-state index contributed by atoms with van der Waals surface area (Å²) in [6, 6.07) is 19.2. The van der Waals surface area contributed by atoms with Crippen molar-refractivity contribution in [2.24, 2.45) is 0 Å². The predicted octanol–water partition coefficient (Wildman–Crippen LogP) is 4.85. The third kappa shape index (κ3) is 4.08. The number of para-hydroxylation sites is 3. The van der Waals surface area contributed by atoms with E-state index in [9.17, 15) is 4.79 Å². The van der Waals surface area contributed by atoms with Gasteiger partial charge in [0.15, 0.2) is 5.75 Å². The van der Waals surface area contributed by atoms with Gasteiger partial charge < -0.3 is 15.0 Å². The summed E-state index contributed by atoms with van der Waals surface area (Å²) in [5.41, 5.74) is 2.17. The van der Waals surface area contributed by atoms with Crippen LogP contribution >= 0.6 is 0 Å². The Morgan fingerprint density at radius 1 is 0.963 bits per heavy atom. The number of nitrogens with one attached hydrogen (secondary N) is 1. The summed E-state index contributed by atoms with van der Waals surface area (Å²) >= 11 is 0. The summed E-state index contributed by atoms with van der Waals surface area (Å²) in [4.78, 5) is 18.7. The van der Waals surface area contributed by atoms with Gasteiger partial charge in [0.25, 0.3) is 5.91 Å². The number of benzene rings is 2. The van der Waals surface area contributed by atoms with Crippen molar-refractivity contribution in [3.8, 4) is 11.5 Å². The van der Waals surface area contributed by atoms with E-state index in [1.807, 2.05) is 65.6 Å². The van der Waals surface area contributed by atoms with E-state index in [0.29, 0.717) is 11.3 Å². The van der Waals surface area contributed by atoms with Crippen LogP contribution < -0.4 is 10.1 Å². The van der Waals surface area contributed by atoms with Crippen LogP contribution in [0.15, 0.2) is 73.1 Å². The molecule has 2 heterocycles. The molecule has 0 spiro atoms. The normalized spacial score (nSPS) is 13.4. The molecule has 1 aromatic heterocycles. The molecular formula is C22H21N3O2. The van der Waals surface area contributed by atoms with E-state index in [4.69, 9.17) is 4.74 Å². The summed E-state index contributed by atoms with van der Waals surface area (Å²) in [5, 5.41) is 3.32. The van der Waals surface area contributed by atoms with Gasteiger partial charge in [-0.25, -0.2) is 0 Å². The number of anilines is 2. The number of aromatic nitrogens is 1. The second-order valence-electron chi connectivity index (χ2n) is 6.50. The minimum absolute atomic E-state index is 0.0393. The molecule has 0 unspecified atom stereocenters. The van der Waals surface area contributed by atoms with Crippen molar-refractivity contribution in [1.82, 2.24) is 9.88 Å². The van der Waals surface area contributed by atoms with Gasteiger partial charge in [0.1, 0.15) is 5.75 Å². The van der Waals surface area contributed by atoms with Crippen LogP contribution in [-0.4, -0.2) is 28.9 Å². The average Bonchev–Trinajstić information content (AvgIpc) is 3.25. The van der Waals surface area contributed by atoms with Crippen molar-refractivity contribution in [3.05, 3.63) is 78.6 Å². The molecule has 1 aliphatic rings. The van der Waals surface area contributed by atoms with Crippen LogP contribution in [0.1, 0.15) is 23.2 Å². The van der Waals surface area contributed by atoms with Gasteiger partial charge in [-0.2, -0.15) is 0 Å². The van der Waals surface area contributed by atoms with Crippen LogP contribution in [0, 0.1) is 0 Å². The number of carbonyl (C=O) groups is 1. The van der Waals surface area contributed by atoms with Gasteiger partial charge in [-0.3, -0.25) is 9.78 Å². The van der Waals surface area contributed by atoms with Crippen LogP contribution in [0.4, 0.5) is 11.4 Å². The number of hydrogen-bond donors (Lipinski definition) is 1. The molecule has 5 nitrogen and oxygen atoms in total. The van der Waals surface area contributed by atoms with E-state index in [2.05, 4.69) is 10.3 Å². The molecule has 0 radical (unpaired) electrons. The standard InChI is InChI=1S/C22H21N3O2/c26-22(25-12-6-7-13-25)17-14-18(16-23-15-17)24-20-10-4-5-11-21(20)27-19-8-2-1-3-9-19/h1-5,8-11,14-16,24H,6-7,12-13H2. The lowest BCUT2D eigenvalue weighted by Crippen LogP contribution is -2.27. The van der Waals surface area contributed by atoms with E-state index >= 15 is 0 Å². The molecule has 1 saturated heterocycles. The maximum Gasteiger partial charge on any atom is 0.255 e. The van der Waals surface area contributed by atoms with Crippen LogP contribution in [0.2, 0.25) is 0 Å². The van der Waals surface area contributed by atoms with Crippen molar-refractivity contribution in [3.63, 3.8) is 0 Å². The van der Waals surface area contributed by atoms with Crippen molar-refractivity contribution in [2.45, 2.75) is 12.8 Å². The van der Waals surface area contributed by atoms with E-state index in [0.717, 1.165) is 43.1 Å². The van der Waals surface area contributed by atoms with E-state index < -0.39 is 0 Å². The summed E-state index contributed by atoms with van der Waals surface area (Å²) in [7, 11) is 0. The summed E-state index contributed by atoms with van der Waals surface area (Å²) in [6.07, 6.45) is 5.47. The molecule has 0 bridgehead atoms. The minimum Gasteiger partial charge on any atom is -0.455 e. The second kappa shape index (κ2) is 7.91. The molecule has 2 aromatic carbocycles. The Morgan fingerprint density at radius 2 is 1.70 bits per heavy atom. The summed E-state index contributed by atoms with van der Waals surface area (Å²) in [5.74, 6) is 1.51. The molecule has 3 aromatic rings. The molecule has 136 valence electrons.